The Balaban J connectivity index is 1.42. The molecule has 250 valence electrons. The van der Waals surface area contributed by atoms with Crippen molar-refractivity contribution >= 4 is 17.3 Å². The Kier molecular flexibility index (Phi) is 9.03. The quantitative estimate of drug-likeness (QED) is 0.161. The van der Waals surface area contributed by atoms with Crippen LogP contribution in [0.5, 0.6) is 11.5 Å². The van der Waals surface area contributed by atoms with Crippen LogP contribution in [0.15, 0.2) is 95.3 Å². The Bertz CT molecular complexity index is 1750. The topological polar surface area (TPSA) is 99.0 Å². The van der Waals surface area contributed by atoms with E-state index in [0.717, 1.165) is 52.9 Å². The summed E-state index contributed by atoms with van der Waals surface area (Å²) < 4.78 is 12.2. The lowest BCUT2D eigenvalue weighted by molar-refractivity contribution is -0.384. The summed E-state index contributed by atoms with van der Waals surface area (Å²) in [5.41, 5.74) is 6.00. The van der Waals surface area contributed by atoms with E-state index < -0.39 is 10.8 Å². The molecule has 2 aliphatic carbocycles. The van der Waals surface area contributed by atoms with E-state index in [1.54, 1.807) is 12.1 Å². The number of benzene rings is 3. The van der Waals surface area contributed by atoms with Crippen LogP contribution in [0, 0.1) is 20.9 Å². The van der Waals surface area contributed by atoms with Crippen LogP contribution in [0.2, 0.25) is 0 Å². The predicted molar refractivity (Wildman–Crippen MR) is 185 cm³/mol. The molecule has 0 fully saturated rings. The summed E-state index contributed by atoms with van der Waals surface area (Å²) in [4.78, 5) is 41.5. The lowest BCUT2D eigenvalue weighted by atomic mass is 9.63. The number of ether oxygens (including phenoxy) is 2. The van der Waals surface area contributed by atoms with Crippen LogP contribution in [0.25, 0.3) is 0 Å². The van der Waals surface area contributed by atoms with Gasteiger partial charge in [-0.05, 0) is 78.0 Å². The summed E-state index contributed by atoms with van der Waals surface area (Å²) >= 11 is 0. The first-order valence-electron chi connectivity index (χ1n) is 16.8. The van der Waals surface area contributed by atoms with Crippen LogP contribution in [0.3, 0.4) is 0 Å². The van der Waals surface area contributed by atoms with Gasteiger partial charge in [-0.15, -0.1) is 0 Å². The minimum atomic E-state index is -0.488. The van der Waals surface area contributed by atoms with Crippen molar-refractivity contribution in [2.45, 2.75) is 79.2 Å². The first-order valence-corrected chi connectivity index (χ1v) is 16.8. The number of carbonyl (C=O) groups excluding carboxylic acids is 2. The van der Waals surface area contributed by atoms with E-state index in [-0.39, 0.29) is 34.7 Å². The molecule has 0 bridgehead atoms. The van der Waals surface area contributed by atoms with Gasteiger partial charge < -0.3 is 14.4 Å². The minimum Gasteiger partial charge on any atom is -0.490 e. The van der Waals surface area contributed by atoms with Crippen LogP contribution >= 0.6 is 0 Å². The van der Waals surface area contributed by atoms with Gasteiger partial charge >= 0.3 is 0 Å². The Morgan fingerprint density at radius 2 is 1.38 bits per heavy atom. The lowest BCUT2D eigenvalue weighted by Gasteiger charge is -2.49. The smallest absolute Gasteiger partial charge is 0.269 e. The van der Waals surface area contributed by atoms with Gasteiger partial charge in [0.25, 0.3) is 5.69 Å². The van der Waals surface area contributed by atoms with E-state index in [2.05, 4.69) is 44.7 Å². The first kappa shape index (κ1) is 33.2. The van der Waals surface area contributed by atoms with E-state index in [1.807, 2.05) is 43.3 Å². The summed E-state index contributed by atoms with van der Waals surface area (Å²) in [5.74, 6) is 0.751. The molecule has 0 amide bonds. The largest absolute Gasteiger partial charge is 0.490 e. The number of non-ortho nitro benzene ring substituents is 1. The fourth-order valence-electron chi connectivity index (χ4n) is 7.50. The third kappa shape index (κ3) is 6.80. The molecule has 3 aromatic carbocycles. The predicted octanol–water partition coefficient (Wildman–Crippen LogP) is 8.50. The van der Waals surface area contributed by atoms with Crippen molar-refractivity contribution in [3.8, 4) is 11.5 Å². The third-order valence-corrected chi connectivity index (χ3v) is 9.63. The van der Waals surface area contributed by atoms with Gasteiger partial charge in [-0.1, -0.05) is 64.1 Å². The number of Topliss-reactive ketones (excluding diaryl/α,β-unsaturated/α-hetero) is 2. The zero-order valence-electron chi connectivity index (χ0n) is 28.5. The van der Waals surface area contributed by atoms with Crippen molar-refractivity contribution in [1.82, 2.24) is 4.90 Å². The maximum Gasteiger partial charge on any atom is 0.269 e. The molecular formula is C40H44N2O6. The summed E-state index contributed by atoms with van der Waals surface area (Å²) in [6, 6.07) is 22.4. The molecule has 48 heavy (non-hydrogen) atoms. The summed E-state index contributed by atoms with van der Waals surface area (Å²) in [7, 11) is 0. The number of ketones is 2. The van der Waals surface area contributed by atoms with Crippen LogP contribution < -0.4 is 9.47 Å². The third-order valence-electron chi connectivity index (χ3n) is 9.63. The molecule has 1 heterocycles. The van der Waals surface area contributed by atoms with E-state index in [9.17, 15) is 19.7 Å². The number of nitrogens with zero attached hydrogens (tertiary/aromatic N) is 2. The van der Waals surface area contributed by atoms with Gasteiger partial charge in [-0.3, -0.25) is 19.7 Å². The number of nitro groups is 1. The van der Waals surface area contributed by atoms with Gasteiger partial charge in [0.2, 0.25) is 0 Å². The summed E-state index contributed by atoms with van der Waals surface area (Å²) in [6.45, 7) is 11.8. The first-order chi connectivity index (χ1) is 22.9. The number of carbonyl (C=O) groups is 2. The lowest BCUT2D eigenvalue weighted by Crippen LogP contribution is -2.45. The van der Waals surface area contributed by atoms with E-state index in [0.29, 0.717) is 37.5 Å². The minimum absolute atomic E-state index is 0.0212. The average Bonchev–Trinajstić information content (AvgIpc) is 3.02. The summed E-state index contributed by atoms with van der Waals surface area (Å²) in [5, 5.41) is 11.1. The molecule has 6 rings (SSSR count). The van der Waals surface area contributed by atoms with E-state index in [4.69, 9.17) is 9.47 Å². The Morgan fingerprint density at radius 3 is 1.94 bits per heavy atom. The highest BCUT2D eigenvalue weighted by Crippen LogP contribution is 2.55. The Labute approximate surface area is 282 Å². The molecule has 0 N–H and O–H groups in total. The van der Waals surface area contributed by atoms with Crippen molar-refractivity contribution in [2.24, 2.45) is 10.8 Å². The molecule has 0 saturated carbocycles. The van der Waals surface area contributed by atoms with Crippen LogP contribution in [0.1, 0.15) is 82.9 Å². The van der Waals surface area contributed by atoms with Crippen LogP contribution in [-0.4, -0.2) is 34.5 Å². The van der Waals surface area contributed by atoms with Crippen molar-refractivity contribution in [2.75, 3.05) is 13.2 Å². The molecular weight excluding hydrogens is 604 g/mol. The van der Waals surface area contributed by atoms with Crippen molar-refractivity contribution < 1.29 is 24.0 Å². The second-order valence-corrected chi connectivity index (χ2v) is 14.8. The molecule has 0 saturated heterocycles. The van der Waals surface area contributed by atoms with E-state index >= 15 is 0 Å². The highest BCUT2D eigenvalue weighted by atomic mass is 16.6. The van der Waals surface area contributed by atoms with E-state index in [1.165, 1.54) is 17.7 Å². The molecule has 0 unspecified atom stereocenters. The highest BCUT2D eigenvalue weighted by Gasteiger charge is 2.49. The average molecular weight is 649 g/mol. The Hall–Kier alpha value is -4.72. The molecule has 3 aromatic rings. The van der Waals surface area contributed by atoms with Gasteiger partial charge in [0, 0.05) is 60.0 Å². The standard InChI is InChI=1S/C40H44N2O6/c1-6-47-35-20-28(14-17-34(35)48-25-27-12-15-29(16-13-27)42(45)46)36-37-30(21-39(2,3)23-32(37)43)41(19-18-26-10-8-7-9-11-26)31-22-40(4,5)24-33(44)38(31)36/h7-17,20,36H,6,18-19,21-25H2,1-5H3. The molecule has 0 atom stereocenters. The van der Waals surface area contributed by atoms with Gasteiger partial charge in [-0.2, -0.15) is 0 Å². The van der Waals surface area contributed by atoms with Crippen molar-refractivity contribution in [1.29, 1.82) is 0 Å². The summed E-state index contributed by atoms with van der Waals surface area (Å²) in [6.07, 6.45) is 3.15. The van der Waals surface area contributed by atoms with Crippen LogP contribution in [0.4, 0.5) is 5.69 Å². The van der Waals surface area contributed by atoms with Crippen molar-refractivity contribution in [3.05, 3.63) is 122 Å². The molecule has 8 heteroatoms. The maximum absolute atomic E-state index is 14.2. The molecule has 3 aliphatic rings. The molecule has 0 spiro atoms. The highest BCUT2D eigenvalue weighted by molar-refractivity contribution is 6.06. The van der Waals surface area contributed by atoms with Gasteiger partial charge in [0.15, 0.2) is 23.1 Å². The second-order valence-electron chi connectivity index (χ2n) is 14.8. The monoisotopic (exact) mass is 648 g/mol. The van der Waals surface area contributed by atoms with Crippen LogP contribution in [-0.2, 0) is 22.6 Å². The second kappa shape index (κ2) is 13.1. The number of allylic oxidation sites excluding steroid dienone is 4. The molecule has 1 aliphatic heterocycles. The fourth-order valence-corrected chi connectivity index (χ4v) is 7.50. The number of hydrogen-bond donors (Lipinski definition) is 0. The maximum atomic E-state index is 14.2. The van der Waals surface area contributed by atoms with Gasteiger partial charge in [0.05, 0.1) is 11.5 Å². The van der Waals surface area contributed by atoms with Crippen molar-refractivity contribution in [3.63, 3.8) is 0 Å². The zero-order valence-corrected chi connectivity index (χ0v) is 28.5. The number of rotatable bonds is 10. The molecule has 0 aromatic heterocycles. The zero-order chi connectivity index (χ0) is 34.2. The molecule has 0 radical (unpaired) electrons. The number of hydrogen-bond acceptors (Lipinski definition) is 7. The Morgan fingerprint density at radius 1 is 0.771 bits per heavy atom. The van der Waals surface area contributed by atoms with Gasteiger partial charge in [-0.25, -0.2) is 0 Å². The SMILES string of the molecule is CCOc1cc(C2C3=C(CC(C)(C)CC3=O)N(CCc3ccccc3)C3=C2C(=O)CC(C)(C)C3)ccc1OCc1ccc([N+](=O)[O-])cc1. The fraction of sp³-hybridized carbons (Fsp3) is 0.400. The molecule has 8 nitrogen and oxygen atoms in total. The van der Waals surface area contributed by atoms with Gasteiger partial charge in [0.1, 0.15) is 6.61 Å². The normalized spacial score (nSPS) is 18.8. The number of nitro benzene ring substituents is 1.